The van der Waals surface area contributed by atoms with Crippen LogP contribution in [-0.2, 0) is 6.54 Å². The third-order valence-corrected chi connectivity index (χ3v) is 3.08. The Bertz CT molecular complexity index is 532. The van der Waals surface area contributed by atoms with Crippen molar-refractivity contribution in [3.63, 3.8) is 0 Å². The number of benzene rings is 2. The molecule has 0 unspecified atom stereocenters. The molecule has 0 heterocycles. The van der Waals surface area contributed by atoms with Crippen LogP contribution in [0, 0.1) is 13.8 Å². The summed E-state index contributed by atoms with van der Waals surface area (Å²) in [7, 11) is 1.94. The van der Waals surface area contributed by atoms with E-state index in [9.17, 15) is 0 Å². The SMILES string of the molecule is CNc1cccc(CNc2ccc(C)cc2C)c1. The van der Waals surface area contributed by atoms with Gasteiger partial charge in [-0.15, -0.1) is 0 Å². The smallest absolute Gasteiger partial charge is 0.0401 e. The van der Waals surface area contributed by atoms with Crippen LogP contribution in [0.15, 0.2) is 42.5 Å². The number of anilines is 2. The molecule has 0 saturated heterocycles. The molecule has 0 amide bonds. The van der Waals surface area contributed by atoms with Gasteiger partial charge in [0.15, 0.2) is 0 Å². The van der Waals surface area contributed by atoms with Crippen LogP contribution in [0.4, 0.5) is 11.4 Å². The molecule has 0 radical (unpaired) electrons. The first-order chi connectivity index (χ1) is 8.69. The monoisotopic (exact) mass is 240 g/mol. The van der Waals surface area contributed by atoms with Crippen LogP contribution in [0.3, 0.4) is 0 Å². The fourth-order valence-electron chi connectivity index (χ4n) is 2.05. The van der Waals surface area contributed by atoms with E-state index in [2.05, 4.69) is 66.9 Å². The van der Waals surface area contributed by atoms with Crippen LogP contribution in [0.25, 0.3) is 0 Å². The summed E-state index contributed by atoms with van der Waals surface area (Å²) in [5.74, 6) is 0. The van der Waals surface area contributed by atoms with Crippen molar-refractivity contribution in [2.24, 2.45) is 0 Å². The van der Waals surface area contributed by atoms with Crippen molar-refractivity contribution in [1.29, 1.82) is 0 Å². The second kappa shape index (κ2) is 5.58. The Morgan fingerprint density at radius 3 is 2.56 bits per heavy atom. The predicted octanol–water partition coefficient (Wildman–Crippen LogP) is 3.96. The van der Waals surface area contributed by atoms with E-state index in [1.54, 1.807) is 0 Å². The molecule has 0 aliphatic rings. The van der Waals surface area contributed by atoms with Gasteiger partial charge in [0, 0.05) is 25.0 Å². The van der Waals surface area contributed by atoms with Gasteiger partial charge in [0.1, 0.15) is 0 Å². The van der Waals surface area contributed by atoms with Crippen molar-refractivity contribution in [2.45, 2.75) is 20.4 Å². The second-order valence-electron chi connectivity index (χ2n) is 4.62. The summed E-state index contributed by atoms with van der Waals surface area (Å²) < 4.78 is 0. The minimum Gasteiger partial charge on any atom is -0.388 e. The van der Waals surface area contributed by atoms with Crippen LogP contribution in [0.5, 0.6) is 0 Å². The minimum atomic E-state index is 0.847. The molecule has 0 aliphatic heterocycles. The van der Waals surface area contributed by atoms with Crippen molar-refractivity contribution in [3.8, 4) is 0 Å². The maximum absolute atomic E-state index is 3.48. The minimum absolute atomic E-state index is 0.847. The third-order valence-electron chi connectivity index (χ3n) is 3.08. The van der Waals surface area contributed by atoms with Gasteiger partial charge >= 0.3 is 0 Å². The van der Waals surface area contributed by atoms with Gasteiger partial charge in [0.05, 0.1) is 0 Å². The van der Waals surface area contributed by atoms with E-state index in [1.165, 1.54) is 22.4 Å². The first kappa shape index (κ1) is 12.5. The summed E-state index contributed by atoms with van der Waals surface area (Å²) in [6.45, 7) is 5.10. The molecule has 2 heteroatoms. The van der Waals surface area contributed by atoms with Crippen LogP contribution < -0.4 is 10.6 Å². The maximum atomic E-state index is 3.48. The first-order valence-corrected chi connectivity index (χ1v) is 6.27. The Hall–Kier alpha value is -1.96. The van der Waals surface area contributed by atoms with Gasteiger partial charge in [-0.25, -0.2) is 0 Å². The van der Waals surface area contributed by atoms with Crippen molar-refractivity contribution >= 4 is 11.4 Å². The highest BCUT2D eigenvalue weighted by Crippen LogP contribution is 2.18. The summed E-state index contributed by atoms with van der Waals surface area (Å²) in [4.78, 5) is 0. The lowest BCUT2D eigenvalue weighted by atomic mass is 10.1. The average Bonchev–Trinajstić information content (AvgIpc) is 2.38. The molecule has 2 N–H and O–H groups in total. The van der Waals surface area contributed by atoms with Gasteiger partial charge in [-0.2, -0.15) is 0 Å². The number of nitrogens with one attached hydrogen (secondary N) is 2. The highest BCUT2D eigenvalue weighted by Gasteiger charge is 1.99. The topological polar surface area (TPSA) is 24.1 Å². The predicted molar refractivity (Wildman–Crippen MR) is 79.2 cm³/mol. The molecular weight excluding hydrogens is 220 g/mol. The molecule has 0 fully saturated rings. The zero-order valence-corrected chi connectivity index (χ0v) is 11.2. The zero-order chi connectivity index (χ0) is 13.0. The third kappa shape index (κ3) is 3.04. The van der Waals surface area contributed by atoms with Crippen molar-refractivity contribution in [3.05, 3.63) is 59.2 Å². The molecule has 0 bridgehead atoms. The number of aryl methyl sites for hydroxylation is 2. The highest BCUT2D eigenvalue weighted by molar-refractivity contribution is 5.53. The molecule has 0 saturated carbocycles. The normalized spacial score (nSPS) is 10.2. The second-order valence-corrected chi connectivity index (χ2v) is 4.62. The lowest BCUT2D eigenvalue weighted by Gasteiger charge is -2.11. The van der Waals surface area contributed by atoms with E-state index < -0.39 is 0 Å². The van der Waals surface area contributed by atoms with E-state index in [-0.39, 0.29) is 0 Å². The first-order valence-electron chi connectivity index (χ1n) is 6.27. The van der Waals surface area contributed by atoms with Crippen molar-refractivity contribution < 1.29 is 0 Å². The Morgan fingerprint density at radius 1 is 1.00 bits per heavy atom. The molecule has 0 atom stereocenters. The molecule has 2 aromatic rings. The Labute approximate surface area is 109 Å². The summed E-state index contributed by atoms with van der Waals surface area (Å²) in [6, 6.07) is 14.9. The Balaban J connectivity index is 2.06. The van der Waals surface area contributed by atoms with Gasteiger partial charge in [0.25, 0.3) is 0 Å². The highest BCUT2D eigenvalue weighted by atomic mass is 14.9. The standard InChI is InChI=1S/C16H20N2/c1-12-7-8-16(13(2)9-12)18-11-14-5-4-6-15(10-14)17-3/h4-10,17-18H,11H2,1-3H3. The molecule has 2 aromatic carbocycles. The van der Waals surface area contributed by atoms with E-state index in [4.69, 9.17) is 0 Å². The van der Waals surface area contributed by atoms with Gasteiger partial charge in [0.2, 0.25) is 0 Å². The van der Waals surface area contributed by atoms with Gasteiger partial charge < -0.3 is 10.6 Å². The van der Waals surface area contributed by atoms with E-state index >= 15 is 0 Å². The lowest BCUT2D eigenvalue weighted by Crippen LogP contribution is -2.01. The largest absolute Gasteiger partial charge is 0.388 e. The molecular formula is C16H20N2. The molecule has 18 heavy (non-hydrogen) atoms. The number of hydrogen-bond donors (Lipinski definition) is 2. The number of hydrogen-bond acceptors (Lipinski definition) is 2. The molecule has 0 spiro atoms. The average molecular weight is 240 g/mol. The van der Waals surface area contributed by atoms with Gasteiger partial charge in [-0.3, -0.25) is 0 Å². The summed E-state index contributed by atoms with van der Waals surface area (Å²) >= 11 is 0. The summed E-state index contributed by atoms with van der Waals surface area (Å²) in [6.07, 6.45) is 0. The Morgan fingerprint density at radius 2 is 1.83 bits per heavy atom. The zero-order valence-electron chi connectivity index (χ0n) is 11.2. The summed E-state index contributed by atoms with van der Waals surface area (Å²) in [5, 5.41) is 6.64. The fraction of sp³-hybridized carbons (Fsp3) is 0.250. The quantitative estimate of drug-likeness (QED) is 0.845. The Kier molecular flexibility index (Phi) is 3.88. The molecule has 2 nitrogen and oxygen atoms in total. The van der Waals surface area contributed by atoms with Crippen LogP contribution in [0.1, 0.15) is 16.7 Å². The van der Waals surface area contributed by atoms with Gasteiger partial charge in [-0.1, -0.05) is 29.8 Å². The van der Waals surface area contributed by atoms with Crippen molar-refractivity contribution in [1.82, 2.24) is 0 Å². The van der Waals surface area contributed by atoms with Crippen LogP contribution in [0.2, 0.25) is 0 Å². The maximum Gasteiger partial charge on any atom is 0.0401 e. The molecule has 0 aromatic heterocycles. The van der Waals surface area contributed by atoms with E-state index in [0.717, 1.165) is 12.2 Å². The van der Waals surface area contributed by atoms with E-state index in [1.807, 2.05) is 7.05 Å². The fourth-order valence-corrected chi connectivity index (χ4v) is 2.05. The van der Waals surface area contributed by atoms with E-state index in [0.29, 0.717) is 0 Å². The number of rotatable bonds is 4. The molecule has 94 valence electrons. The molecule has 0 aliphatic carbocycles. The van der Waals surface area contributed by atoms with Crippen LogP contribution in [-0.4, -0.2) is 7.05 Å². The molecule has 2 rings (SSSR count). The lowest BCUT2D eigenvalue weighted by molar-refractivity contribution is 1.14. The van der Waals surface area contributed by atoms with Crippen molar-refractivity contribution in [2.75, 3.05) is 17.7 Å². The van der Waals surface area contributed by atoms with Gasteiger partial charge in [-0.05, 0) is 43.2 Å². The van der Waals surface area contributed by atoms with Crippen LogP contribution >= 0.6 is 0 Å². The summed E-state index contributed by atoms with van der Waals surface area (Å²) in [5.41, 5.74) is 6.22.